The summed E-state index contributed by atoms with van der Waals surface area (Å²) in [6.45, 7) is 1.70. The van der Waals surface area contributed by atoms with Gasteiger partial charge in [-0.25, -0.2) is 9.78 Å². The van der Waals surface area contributed by atoms with Crippen molar-refractivity contribution in [3.8, 4) is 5.75 Å². The molecule has 0 aliphatic rings. The highest BCUT2D eigenvalue weighted by atomic mass is 16.5. The van der Waals surface area contributed by atoms with Gasteiger partial charge in [-0.1, -0.05) is 12.1 Å². The van der Waals surface area contributed by atoms with Crippen molar-refractivity contribution in [2.24, 2.45) is 14.1 Å². The molecule has 0 aliphatic heterocycles. The Morgan fingerprint density at radius 3 is 2.54 bits per heavy atom. The molecular formula is C18H18N4O4. The highest BCUT2D eigenvalue weighted by Gasteiger charge is 2.20. The molecule has 0 fully saturated rings. The molecule has 0 radical (unpaired) electrons. The van der Waals surface area contributed by atoms with E-state index < -0.39 is 17.2 Å². The van der Waals surface area contributed by atoms with Crippen molar-refractivity contribution in [3.05, 3.63) is 62.4 Å². The molecular weight excluding hydrogens is 336 g/mol. The number of hydrogen-bond acceptors (Lipinski definition) is 5. The summed E-state index contributed by atoms with van der Waals surface area (Å²) in [5.74, 6) is 0.0111. The van der Waals surface area contributed by atoms with Gasteiger partial charge in [-0.05, 0) is 25.1 Å². The largest absolute Gasteiger partial charge is 0.495 e. The normalized spacial score (nSPS) is 10.8. The number of nitrogens with one attached hydrogen (secondary N) is 1. The van der Waals surface area contributed by atoms with Crippen LogP contribution in [-0.4, -0.2) is 27.1 Å². The fourth-order valence-corrected chi connectivity index (χ4v) is 2.80. The van der Waals surface area contributed by atoms with Gasteiger partial charge in [-0.3, -0.25) is 18.7 Å². The maximum atomic E-state index is 12.9. The van der Waals surface area contributed by atoms with Crippen molar-refractivity contribution in [3.63, 3.8) is 0 Å². The summed E-state index contributed by atoms with van der Waals surface area (Å²) in [4.78, 5) is 41.9. The molecule has 8 nitrogen and oxygen atoms in total. The predicted molar refractivity (Wildman–Crippen MR) is 97.9 cm³/mol. The molecule has 134 valence electrons. The smallest absolute Gasteiger partial charge is 0.332 e. The lowest BCUT2D eigenvalue weighted by Crippen LogP contribution is -2.38. The fourth-order valence-electron chi connectivity index (χ4n) is 2.80. The number of nitrogens with zero attached hydrogens (tertiary/aromatic N) is 3. The third kappa shape index (κ3) is 2.75. The van der Waals surface area contributed by atoms with Gasteiger partial charge >= 0.3 is 5.69 Å². The number of benzene rings is 1. The van der Waals surface area contributed by atoms with Crippen LogP contribution < -0.4 is 21.3 Å². The van der Waals surface area contributed by atoms with E-state index in [1.165, 1.54) is 31.8 Å². The van der Waals surface area contributed by atoms with Crippen LogP contribution in [0.2, 0.25) is 0 Å². The Labute approximate surface area is 148 Å². The van der Waals surface area contributed by atoms with Crippen LogP contribution in [0, 0.1) is 6.92 Å². The number of rotatable bonds is 3. The lowest BCUT2D eigenvalue weighted by atomic mass is 10.1. The zero-order chi connectivity index (χ0) is 19.0. The van der Waals surface area contributed by atoms with Gasteiger partial charge in [0.05, 0.1) is 23.7 Å². The molecule has 0 aliphatic carbocycles. The Bertz CT molecular complexity index is 1140. The van der Waals surface area contributed by atoms with E-state index in [-0.39, 0.29) is 16.6 Å². The number of methoxy groups -OCH3 is 1. The highest BCUT2D eigenvalue weighted by Crippen LogP contribution is 2.24. The van der Waals surface area contributed by atoms with E-state index >= 15 is 0 Å². The number of fused-ring (bicyclic) bond motifs is 1. The minimum Gasteiger partial charge on any atom is -0.495 e. The van der Waals surface area contributed by atoms with Gasteiger partial charge in [0.15, 0.2) is 0 Å². The number of amides is 1. The van der Waals surface area contributed by atoms with Crippen molar-refractivity contribution in [2.45, 2.75) is 6.92 Å². The Kier molecular flexibility index (Phi) is 4.33. The quantitative estimate of drug-likeness (QED) is 0.763. The number of ether oxygens (including phenoxy) is 1. The maximum absolute atomic E-state index is 12.9. The number of carbonyl (C=O) groups is 1. The van der Waals surface area contributed by atoms with Gasteiger partial charge in [0, 0.05) is 19.8 Å². The Balaban J connectivity index is 2.23. The molecule has 1 N–H and O–H groups in total. The summed E-state index contributed by atoms with van der Waals surface area (Å²) < 4.78 is 7.44. The number of aryl methyl sites for hydroxylation is 2. The molecule has 3 rings (SSSR count). The Hall–Kier alpha value is -3.42. The van der Waals surface area contributed by atoms with Crippen molar-refractivity contribution in [1.29, 1.82) is 0 Å². The van der Waals surface area contributed by atoms with Gasteiger partial charge in [0.25, 0.3) is 11.5 Å². The Morgan fingerprint density at radius 2 is 1.85 bits per heavy atom. The number of anilines is 1. The molecule has 2 heterocycles. The van der Waals surface area contributed by atoms with Crippen LogP contribution in [0.25, 0.3) is 11.0 Å². The van der Waals surface area contributed by atoms with Crippen LogP contribution in [0.3, 0.4) is 0 Å². The number of carbonyl (C=O) groups excluding carboxylic acids is 1. The maximum Gasteiger partial charge on any atom is 0.332 e. The molecule has 1 aromatic carbocycles. The van der Waals surface area contributed by atoms with E-state index in [9.17, 15) is 14.4 Å². The van der Waals surface area contributed by atoms with Crippen LogP contribution in [0.15, 0.2) is 39.9 Å². The van der Waals surface area contributed by atoms with Crippen LogP contribution in [0.5, 0.6) is 5.75 Å². The minimum absolute atomic E-state index is 0.0904. The summed E-state index contributed by atoms with van der Waals surface area (Å²) >= 11 is 0. The number of hydrogen-bond donors (Lipinski definition) is 1. The summed E-state index contributed by atoms with van der Waals surface area (Å²) in [5, 5.41) is 2.84. The molecule has 0 saturated carbocycles. The molecule has 0 saturated heterocycles. The van der Waals surface area contributed by atoms with Crippen molar-refractivity contribution >= 4 is 22.6 Å². The summed E-state index contributed by atoms with van der Waals surface area (Å²) in [6, 6.07) is 8.48. The number of aromatic nitrogens is 3. The third-order valence-corrected chi connectivity index (χ3v) is 4.14. The zero-order valence-corrected chi connectivity index (χ0v) is 14.9. The average molecular weight is 354 g/mol. The summed E-state index contributed by atoms with van der Waals surface area (Å²) in [7, 11) is 4.38. The Morgan fingerprint density at radius 1 is 1.15 bits per heavy atom. The molecule has 26 heavy (non-hydrogen) atoms. The van der Waals surface area contributed by atoms with Crippen LogP contribution in [-0.2, 0) is 14.1 Å². The second kappa shape index (κ2) is 6.47. The fraction of sp³-hybridized carbons (Fsp3) is 0.222. The van der Waals surface area contributed by atoms with E-state index in [0.717, 1.165) is 4.57 Å². The van der Waals surface area contributed by atoms with Crippen LogP contribution >= 0.6 is 0 Å². The molecule has 0 atom stereocenters. The van der Waals surface area contributed by atoms with Crippen molar-refractivity contribution in [1.82, 2.24) is 14.1 Å². The van der Waals surface area contributed by atoms with Gasteiger partial charge in [0.1, 0.15) is 11.4 Å². The monoisotopic (exact) mass is 354 g/mol. The summed E-state index contributed by atoms with van der Waals surface area (Å²) in [5.41, 5.74) is 0.241. The summed E-state index contributed by atoms with van der Waals surface area (Å²) in [6.07, 6.45) is 0. The predicted octanol–water partition coefficient (Wildman–Crippen LogP) is 1.20. The molecule has 3 aromatic rings. The van der Waals surface area contributed by atoms with Crippen LogP contribution in [0.4, 0.5) is 5.69 Å². The molecule has 1 amide bonds. The van der Waals surface area contributed by atoms with Crippen LogP contribution in [0.1, 0.15) is 16.1 Å². The van der Waals surface area contributed by atoms with E-state index in [1.54, 1.807) is 31.2 Å². The first kappa shape index (κ1) is 17.4. The van der Waals surface area contributed by atoms with E-state index in [4.69, 9.17) is 4.74 Å². The van der Waals surface area contributed by atoms with Gasteiger partial charge in [0.2, 0.25) is 0 Å². The number of para-hydroxylation sites is 2. The van der Waals surface area contributed by atoms with E-state index in [0.29, 0.717) is 17.1 Å². The lowest BCUT2D eigenvalue weighted by Gasteiger charge is -2.13. The molecule has 2 aromatic heterocycles. The minimum atomic E-state index is -0.569. The highest BCUT2D eigenvalue weighted by molar-refractivity contribution is 6.12. The standard InChI is InChI=1S/C18H18N4O4/c1-10-9-11(16(23)20-12-7-5-6-8-13(12)26-4)14-15(19-10)21(2)18(25)22(3)17(14)24/h5-9H,1-4H3,(H,20,23). The second-order valence-electron chi connectivity index (χ2n) is 5.87. The van der Waals surface area contributed by atoms with Crippen molar-refractivity contribution < 1.29 is 9.53 Å². The number of pyridine rings is 1. The molecule has 0 spiro atoms. The molecule has 0 bridgehead atoms. The third-order valence-electron chi connectivity index (χ3n) is 4.14. The molecule has 0 unspecified atom stereocenters. The van der Waals surface area contributed by atoms with Gasteiger partial charge in [-0.15, -0.1) is 0 Å². The van der Waals surface area contributed by atoms with E-state index in [1.807, 2.05) is 0 Å². The van der Waals surface area contributed by atoms with Crippen molar-refractivity contribution in [2.75, 3.05) is 12.4 Å². The molecule has 8 heteroatoms. The van der Waals surface area contributed by atoms with Gasteiger partial charge < -0.3 is 10.1 Å². The average Bonchev–Trinajstić information content (AvgIpc) is 2.64. The first-order valence-electron chi connectivity index (χ1n) is 7.87. The second-order valence-corrected chi connectivity index (χ2v) is 5.87. The first-order chi connectivity index (χ1) is 12.3. The zero-order valence-electron chi connectivity index (χ0n) is 14.9. The van der Waals surface area contributed by atoms with E-state index in [2.05, 4.69) is 10.3 Å². The lowest BCUT2D eigenvalue weighted by molar-refractivity contribution is 0.102. The SMILES string of the molecule is COc1ccccc1NC(=O)c1cc(C)nc2c1c(=O)n(C)c(=O)n2C. The topological polar surface area (TPSA) is 95.2 Å². The van der Waals surface area contributed by atoms with Gasteiger partial charge in [-0.2, -0.15) is 0 Å². The first-order valence-corrected chi connectivity index (χ1v) is 7.87.